The second-order valence-corrected chi connectivity index (χ2v) is 7.43. The molecule has 138 valence electrons. The van der Waals surface area contributed by atoms with E-state index in [4.69, 9.17) is 4.74 Å². The van der Waals surface area contributed by atoms with E-state index in [0.29, 0.717) is 31.9 Å². The maximum atomic E-state index is 13.1. The summed E-state index contributed by atoms with van der Waals surface area (Å²) in [4.78, 5) is 30.3. The number of hydrogen-bond donors (Lipinski definition) is 0. The highest BCUT2D eigenvalue weighted by molar-refractivity contribution is 5.93. The number of amides is 2. The summed E-state index contributed by atoms with van der Waals surface area (Å²) in [5, 5.41) is 4.46. The Labute approximate surface area is 148 Å². The Morgan fingerprint density at radius 3 is 2.80 bits per heavy atom. The van der Waals surface area contributed by atoms with Gasteiger partial charge in [-0.1, -0.05) is 0 Å². The Hall–Kier alpha value is -2.09. The van der Waals surface area contributed by atoms with Gasteiger partial charge in [0.1, 0.15) is 11.3 Å². The number of ether oxygens (including phenoxy) is 1. The number of piperidine rings is 1. The summed E-state index contributed by atoms with van der Waals surface area (Å²) in [6, 6.07) is 1.84. The monoisotopic (exact) mass is 349 g/mol. The van der Waals surface area contributed by atoms with Crippen LogP contribution in [0.5, 0.6) is 0 Å². The van der Waals surface area contributed by atoms with Gasteiger partial charge in [-0.25, -0.2) is 4.79 Å². The van der Waals surface area contributed by atoms with E-state index >= 15 is 0 Å². The van der Waals surface area contributed by atoms with Crippen LogP contribution in [-0.4, -0.2) is 89.4 Å². The van der Waals surface area contributed by atoms with Crippen LogP contribution in [0.1, 0.15) is 29.0 Å². The predicted molar refractivity (Wildman–Crippen MR) is 92.5 cm³/mol. The van der Waals surface area contributed by atoms with E-state index in [1.165, 1.54) is 0 Å². The van der Waals surface area contributed by atoms with Gasteiger partial charge in [-0.2, -0.15) is 5.10 Å². The van der Waals surface area contributed by atoms with Crippen LogP contribution in [0.2, 0.25) is 0 Å². The molecule has 0 N–H and O–H groups in total. The van der Waals surface area contributed by atoms with Gasteiger partial charge in [-0.15, -0.1) is 0 Å². The second-order valence-electron chi connectivity index (χ2n) is 7.43. The van der Waals surface area contributed by atoms with Gasteiger partial charge in [0.2, 0.25) is 0 Å². The lowest BCUT2D eigenvalue weighted by molar-refractivity contribution is -0.00564. The molecule has 2 saturated heterocycles. The van der Waals surface area contributed by atoms with Crippen molar-refractivity contribution in [3.05, 3.63) is 17.5 Å². The molecule has 0 bridgehead atoms. The average molecular weight is 349 g/mol. The van der Waals surface area contributed by atoms with E-state index < -0.39 is 5.60 Å². The van der Waals surface area contributed by atoms with Gasteiger partial charge in [0.05, 0.1) is 25.3 Å². The Bertz CT molecular complexity index is 671. The Balaban J connectivity index is 1.76. The van der Waals surface area contributed by atoms with Crippen molar-refractivity contribution in [1.29, 1.82) is 0 Å². The number of nitrogens with zero attached hydrogens (tertiary/aromatic N) is 5. The molecule has 0 radical (unpaired) electrons. The summed E-state index contributed by atoms with van der Waals surface area (Å²) in [5.74, 6) is -0.0379. The van der Waals surface area contributed by atoms with Crippen molar-refractivity contribution in [2.24, 2.45) is 0 Å². The van der Waals surface area contributed by atoms with Crippen molar-refractivity contribution in [2.75, 3.05) is 47.3 Å². The lowest BCUT2D eigenvalue weighted by atomic mass is 9.92. The standard InChI is InChI=1S/C17H27N5O3/c1-13-10-14(22(18-13)9-8-19(2)3)15(23)21-7-5-6-17(12-21)11-20(4)16(24)25-17/h10H,5-9,11-12H2,1-4H3. The van der Waals surface area contributed by atoms with Crippen molar-refractivity contribution < 1.29 is 14.3 Å². The molecule has 0 saturated carbocycles. The average Bonchev–Trinajstić information content (AvgIpc) is 3.04. The van der Waals surface area contributed by atoms with Gasteiger partial charge in [-0.3, -0.25) is 9.48 Å². The number of aryl methyl sites for hydroxylation is 1. The van der Waals surface area contributed by atoms with Crippen molar-refractivity contribution in [2.45, 2.75) is 31.9 Å². The largest absolute Gasteiger partial charge is 0.439 e. The zero-order valence-corrected chi connectivity index (χ0v) is 15.5. The van der Waals surface area contributed by atoms with Crippen LogP contribution in [0.25, 0.3) is 0 Å². The first-order chi connectivity index (χ1) is 11.8. The molecule has 1 aromatic heterocycles. The van der Waals surface area contributed by atoms with Crippen LogP contribution in [0.15, 0.2) is 6.07 Å². The highest BCUT2D eigenvalue weighted by Crippen LogP contribution is 2.32. The number of carbonyl (C=O) groups is 2. The second kappa shape index (κ2) is 6.67. The van der Waals surface area contributed by atoms with Crippen LogP contribution in [0, 0.1) is 6.92 Å². The van der Waals surface area contributed by atoms with Gasteiger partial charge >= 0.3 is 6.09 Å². The Morgan fingerprint density at radius 1 is 1.40 bits per heavy atom. The summed E-state index contributed by atoms with van der Waals surface area (Å²) in [7, 11) is 5.73. The van der Waals surface area contributed by atoms with E-state index in [-0.39, 0.29) is 12.0 Å². The summed E-state index contributed by atoms with van der Waals surface area (Å²) in [5.41, 5.74) is 0.874. The zero-order valence-electron chi connectivity index (χ0n) is 15.5. The smallest absolute Gasteiger partial charge is 0.410 e. The van der Waals surface area contributed by atoms with Gasteiger partial charge in [0.15, 0.2) is 0 Å². The van der Waals surface area contributed by atoms with Crippen molar-refractivity contribution in [1.82, 2.24) is 24.5 Å². The molecule has 25 heavy (non-hydrogen) atoms. The first-order valence-electron chi connectivity index (χ1n) is 8.72. The molecule has 1 spiro atoms. The van der Waals surface area contributed by atoms with Crippen LogP contribution < -0.4 is 0 Å². The van der Waals surface area contributed by atoms with Crippen molar-refractivity contribution in [3.63, 3.8) is 0 Å². The molecule has 1 unspecified atom stereocenters. The summed E-state index contributed by atoms with van der Waals surface area (Å²) in [6.45, 7) is 5.04. The maximum absolute atomic E-state index is 13.1. The van der Waals surface area contributed by atoms with Crippen molar-refractivity contribution in [3.8, 4) is 0 Å². The fourth-order valence-electron chi connectivity index (χ4n) is 3.62. The minimum Gasteiger partial charge on any atom is -0.439 e. The third kappa shape index (κ3) is 3.63. The maximum Gasteiger partial charge on any atom is 0.410 e. The Morgan fingerprint density at radius 2 is 2.16 bits per heavy atom. The third-order valence-corrected chi connectivity index (χ3v) is 4.85. The van der Waals surface area contributed by atoms with E-state index in [9.17, 15) is 9.59 Å². The number of rotatable bonds is 4. The van der Waals surface area contributed by atoms with E-state index in [2.05, 4.69) is 10.00 Å². The minimum absolute atomic E-state index is 0.0379. The Kier molecular flexibility index (Phi) is 4.73. The zero-order chi connectivity index (χ0) is 18.2. The van der Waals surface area contributed by atoms with Crippen LogP contribution >= 0.6 is 0 Å². The van der Waals surface area contributed by atoms with Crippen molar-refractivity contribution >= 4 is 12.0 Å². The first-order valence-corrected chi connectivity index (χ1v) is 8.72. The van der Waals surface area contributed by atoms with E-state index in [0.717, 1.165) is 25.1 Å². The van der Waals surface area contributed by atoms with Gasteiger partial charge in [-0.05, 0) is 39.9 Å². The molecule has 3 rings (SSSR count). The fourth-order valence-corrected chi connectivity index (χ4v) is 3.62. The highest BCUT2D eigenvalue weighted by Gasteiger charge is 2.47. The molecular weight excluding hydrogens is 322 g/mol. The normalized spacial score (nSPS) is 23.6. The topological polar surface area (TPSA) is 70.9 Å². The van der Waals surface area contributed by atoms with Crippen LogP contribution in [0.3, 0.4) is 0 Å². The summed E-state index contributed by atoms with van der Waals surface area (Å²) >= 11 is 0. The quantitative estimate of drug-likeness (QED) is 0.804. The lowest BCUT2D eigenvalue weighted by Crippen LogP contribution is -2.52. The molecule has 2 amide bonds. The summed E-state index contributed by atoms with van der Waals surface area (Å²) < 4.78 is 7.38. The van der Waals surface area contributed by atoms with Gasteiger partial charge in [0.25, 0.3) is 5.91 Å². The third-order valence-electron chi connectivity index (χ3n) is 4.85. The molecule has 8 heteroatoms. The fraction of sp³-hybridized carbons (Fsp3) is 0.706. The molecule has 3 heterocycles. The number of likely N-dealkylation sites (N-methyl/N-ethyl adjacent to an activating group) is 2. The highest BCUT2D eigenvalue weighted by atomic mass is 16.6. The van der Waals surface area contributed by atoms with Crippen LogP contribution in [-0.2, 0) is 11.3 Å². The number of aromatic nitrogens is 2. The molecule has 1 aromatic rings. The molecule has 2 fully saturated rings. The van der Waals surface area contributed by atoms with Gasteiger partial charge < -0.3 is 19.4 Å². The molecule has 0 aliphatic carbocycles. The first kappa shape index (κ1) is 17.7. The minimum atomic E-state index is -0.566. The molecule has 2 aliphatic heterocycles. The lowest BCUT2D eigenvalue weighted by Gasteiger charge is -2.38. The molecule has 8 nitrogen and oxygen atoms in total. The SMILES string of the molecule is Cc1cc(C(=O)N2CCCC3(CN(C)C(=O)O3)C2)n(CCN(C)C)n1. The molecular formula is C17H27N5O3. The number of hydrogen-bond acceptors (Lipinski definition) is 5. The van der Waals surface area contributed by atoms with Crippen LogP contribution in [0.4, 0.5) is 4.79 Å². The molecule has 2 aliphatic rings. The van der Waals surface area contributed by atoms with Gasteiger partial charge in [0, 0.05) is 20.1 Å². The van der Waals surface area contributed by atoms with E-state index in [1.807, 2.05) is 27.1 Å². The number of likely N-dealkylation sites (tertiary alicyclic amines) is 1. The predicted octanol–water partition coefficient (Wildman–Crippen LogP) is 0.810. The van der Waals surface area contributed by atoms with E-state index in [1.54, 1.807) is 21.5 Å². The summed E-state index contributed by atoms with van der Waals surface area (Å²) in [6.07, 6.45) is 1.32. The number of carbonyl (C=O) groups excluding carboxylic acids is 2. The molecule has 1 atom stereocenters. The molecule has 0 aromatic carbocycles.